The molecular formula is C23H21N3O4. The van der Waals surface area contributed by atoms with Gasteiger partial charge in [-0.15, -0.1) is 0 Å². The Bertz CT molecular complexity index is 1080. The fourth-order valence-electron chi connectivity index (χ4n) is 3.73. The summed E-state index contributed by atoms with van der Waals surface area (Å²) in [7, 11) is 0. The summed E-state index contributed by atoms with van der Waals surface area (Å²) in [5.41, 5.74) is 1.93. The molecule has 2 unspecified atom stereocenters. The highest BCUT2D eigenvalue weighted by Gasteiger charge is 2.54. The van der Waals surface area contributed by atoms with Crippen molar-refractivity contribution >= 4 is 23.2 Å². The minimum absolute atomic E-state index is 0.260. The zero-order valence-corrected chi connectivity index (χ0v) is 16.9. The maximum atomic E-state index is 13.2. The van der Waals surface area contributed by atoms with Gasteiger partial charge in [0.15, 0.2) is 5.78 Å². The number of rotatable bonds is 4. The minimum Gasteiger partial charge on any atom is -0.364 e. The van der Waals surface area contributed by atoms with Crippen LogP contribution in [0.15, 0.2) is 65.6 Å². The second-order valence-corrected chi connectivity index (χ2v) is 8.29. The first-order valence-corrected chi connectivity index (χ1v) is 9.61. The molecule has 3 heterocycles. The molecule has 1 amide bonds. The summed E-state index contributed by atoms with van der Waals surface area (Å²) < 4.78 is 4.87. The van der Waals surface area contributed by atoms with Crippen LogP contribution in [0.5, 0.6) is 0 Å². The first kappa shape index (κ1) is 19.7. The van der Waals surface area contributed by atoms with Gasteiger partial charge in [-0.3, -0.25) is 24.3 Å². The molecule has 1 aliphatic heterocycles. The molecule has 1 fully saturated rings. The van der Waals surface area contributed by atoms with Crippen molar-refractivity contribution in [1.29, 1.82) is 0 Å². The predicted molar refractivity (Wildman–Crippen MR) is 109 cm³/mol. The lowest BCUT2D eigenvalue weighted by Crippen LogP contribution is -2.35. The minimum atomic E-state index is -1.07. The summed E-state index contributed by atoms with van der Waals surface area (Å²) >= 11 is 0. The molecule has 0 bridgehead atoms. The SMILES string of the molecule is CC(C)(C)C(=O)C1C(=O)C(=O)N(c2ccc(-c3ccon3)cc2)C1c1ccncc1. The van der Waals surface area contributed by atoms with Crippen LogP contribution < -0.4 is 4.90 Å². The lowest BCUT2D eigenvalue weighted by molar-refractivity contribution is -0.141. The number of carbonyl (C=O) groups is 3. The summed E-state index contributed by atoms with van der Waals surface area (Å²) in [6, 6.07) is 11.6. The van der Waals surface area contributed by atoms with Gasteiger partial charge in [0.1, 0.15) is 17.9 Å². The molecule has 1 aromatic carbocycles. The third-order valence-electron chi connectivity index (χ3n) is 5.25. The second kappa shape index (κ2) is 7.33. The van der Waals surface area contributed by atoms with Gasteiger partial charge in [-0.05, 0) is 29.8 Å². The number of ketones is 2. The van der Waals surface area contributed by atoms with E-state index in [1.54, 1.807) is 75.6 Å². The van der Waals surface area contributed by atoms with E-state index in [9.17, 15) is 14.4 Å². The Morgan fingerprint density at radius 3 is 2.23 bits per heavy atom. The van der Waals surface area contributed by atoms with Crippen LogP contribution in [-0.4, -0.2) is 27.6 Å². The lowest BCUT2D eigenvalue weighted by Gasteiger charge is -2.29. The van der Waals surface area contributed by atoms with Gasteiger partial charge in [-0.25, -0.2) is 0 Å². The zero-order valence-electron chi connectivity index (χ0n) is 16.9. The van der Waals surface area contributed by atoms with Crippen molar-refractivity contribution in [1.82, 2.24) is 10.1 Å². The average Bonchev–Trinajstić information content (AvgIpc) is 3.35. The molecule has 1 saturated heterocycles. The van der Waals surface area contributed by atoms with E-state index in [0.717, 1.165) is 5.56 Å². The van der Waals surface area contributed by atoms with E-state index >= 15 is 0 Å². The van der Waals surface area contributed by atoms with Gasteiger partial charge >= 0.3 is 0 Å². The number of carbonyl (C=O) groups excluding carboxylic acids is 3. The number of aromatic nitrogens is 2. The van der Waals surface area contributed by atoms with Crippen molar-refractivity contribution in [3.05, 3.63) is 66.7 Å². The molecule has 3 aromatic rings. The molecule has 0 spiro atoms. The van der Waals surface area contributed by atoms with E-state index in [2.05, 4.69) is 10.1 Å². The van der Waals surface area contributed by atoms with Crippen molar-refractivity contribution < 1.29 is 18.9 Å². The summed E-state index contributed by atoms with van der Waals surface area (Å²) in [6.07, 6.45) is 4.66. The maximum Gasteiger partial charge on any atom is 0.295 e. The van der Waals surface area contributed by atoms with E-state index in [0.29, 0.717) is 16.9 Å². The van der Waals surface area contributed by atoms with E-state index in [1.807, 2.05) is 0 Å². The number of benzene rings is 1. The number of pyridine rings is 1. The van der Waals surface area contributed by atoms with Crippen LogP contribution in [0.3, 0.4) is 0 Å². The Morgan fingerprint density at radius 2 is 1.67 bits per heavy atom. The summed E-state index contributed by atoms with van der Waals surface area (Å²) in [5.74, 6) is -2.70. The van der Waals surface area contributed by atoms with Crippen LogP contribution >= 0.6 is 0 Å². The van der Waals surface area contributed by atoms with Crippen LogP contribution in [0.4, 0.5) is 5.69 Å². The topological polar surface area (TPSA) is 93.4 Å². The molecule has 152 valence electrons. The fraction of sp³-hybridized carbons (Fsp3) is 0.261. The third-order valence-corrected chi connectivity index (χ3v) is 5.25. The Labute approximate surface area is 173 Å². The number of anilines is 1. The monoisotopic (exact) mass is 403 g/mol. The standard InChI is InChI=1S/C23H21N3O4/c1-23(2,3)21(28)18-19(15-8-11-24-12-9-15)26(22(29)20(18)27)16-6-4-14(5-7-16)17-10-13-30-25-17/h4-13,18-19H,1-3H3. The molecule has 7 heteroatoms. The summed E-state index contributed by atoms with van der Waals surface area (Å²) in [6.45, 7) is 5.27. The highest BCUT2D eigenvalue weighted by Crippen LogP contribution is 2.42. The number of Topliss-reactive ketones (excluding diaryl/α,β-unsaturated/α-hetero) is 2. The lowest BCUT2D eigenvalue weighted by atomic mass is 9.78. The van der Waals surface area contributed by atoms with Gasteiger partial charge in [-0.2, -0.15) is 0 Å². The van der Waals surface area contributed by atoms with E-state index in [4.69, 9.17) is 4.52 Å². The van der Waals surface area contributed by atoms with Gasteiger partial charge in [0.25, 0.3) is 5.91 Å². The zero-order chi connectivity index (χ0) is 21.5. The van der Waals surface area contributed by atoms with Gasteiger partial charge < -0.3 is 4.52 Å². The molecule has 0 N–H and O–H groups in total. The average molecular weight is 403 g/mol. The van der Waals surface area contributed by atoms with Gasteiger partial charge in [0.2, 0.25) is 5.78 Å². The van der Waals surface area contributed by atoms with Crippen molar-refractivity contribution in [2.45, 2.75) is 26.8 Å². The maximum absolute atomic E-state index is 13.2. The van der Waals surface area contributed by atoms with Gasteiger partial charge in [0.05, 0.1) is 6.04 Å². The Kier molecular flexibility index (Phi) is 4.81. The fourth-order valence-corrected chi connectivity index (χ4v) is 3.73. The normalized spacial score (nSPS) is 19.4. The van der Waals surface area contributed by atoms with Crippen LogP contribution in [0.1, 0.15) is 32.4 Å². The summed E-state index contributed by atoms with van der Waals surface area (Å²) in [5, 5.41) is 3.90. The Balaban J connectivity index is 1.80. The molecule has 4 rings (SSSR count). The molecule has 0 saturated carbocycles. The molecule has 30 heavy (non-hydrogen) atoms. The first-order chi connectivity index (χ1) is 14.3. The molecule has 2 atom stereocenters. The highest BCUT2D eigenvalue weighted by molar-refractivity contribution is 6.48. The Morgan fingerprint density at radius 1 is 1.00 bits per heavy atom. The number of hydrogen-bond acceptors (Lipinski definition) is 6. The van der Waals surface area contributed by atoms with E-state index < -0.39 is 29.1 Å². The molecule has 0 aliphatic carbocycles. The largest absolute Gasteiger partial charge is 0.364 e. The van der Waals surface area contributed by atoms with Crippen LogP contribution in [0.25, 0.3) is 11.3 Å². The first-order valence-electron chi connectivity index (χ1n) is 9.61. The predicted octanol–water partition coefficient (Wildman–Crippen LogP) is 3.63. The molecule has 0 radical (unpaired) electrons. The summed E-state index contributed by atoms with van der Waals surface area (Å²) in [4.78, 5) is 44.6. The molecule has 2 aromatic heterocycles. The van der Waals surface area contributed by atoms with Crippen molar-refractivity contribution in [3.63, 3.8) is 0 Å². The van der Waals surface area contributed by atoms with E-state index in [-0.39, 0.29) is 5.78 Å². The number of amides is 1. The number of hydrogen-bond donors (Lipinski definition) is 0. The van der Waals surface area contributed by atoms with Crippen molar-refractivity contribution in [2.24, 2.45) is 11.3 Å². The van der Waals surface area contributed by atoms with Crippen molar-refractivity contribution in [3.8, 4) is 11.3 Å². The van der Waals surface area contributed by atoms with E-state index in [1.165, 1.54) is 11.2 Å². The quantitative estimate of drug-likeness (QED) is 0.488. The van der Waals surface area contributed by atoms with Gasteiger partial charge in [-0.1, -0.05) is 38.1 Å². The number of nitrogens with zero attached hydrogens (tertiary/aromatic N) is 3. The van der Waals surface area contributed by atoms with Crippen LogP contribution in [-0.2, 0) is 14.4 Å². The van der Waals surface area contributed by atoms with Crippen molar-refractivity contribution in [2.75, 3.05) is 4.90 Å². The Hall–Kier alpha value is -3.61. The second-order valence-electron chi connectivity index (χ2n) is 8.29. The smallest absolute Gasteiger partial charge is 0.295 e. The van der Waals surface area contributed by atoms with Crippen LogP contribution in [0.2, 0.25) is 0 Å². The van der Waals surface area contributed by atoms with Crippen LogP contribution in [0, 0.1) is 11.3 Å². The molecular weight excluding hydrogens is 382 g/mol. The molecule has 7 nitrogen and oxygen atoms in total. The highest BCUT2D eigenvalue weighted by atomic mass is 16.5. The third kappa shape index (κ3) is 3.32. The van der Waals surface area contributed by atoms with Gasteiger partial charge in [0, 0.05) is 35.1 Å². The molecule has 1 aliphatic rings.